The van der Waals surface area contributed by atoms with E-state index in [9.17, 15) is 22.4 Å². The Morgan fingerprint density at radius 1 is 0.968 bits per heavy atom. The molecule has 164 valence electrons. The number of amides is 2. The molecule has 4 rings (SSSR count). The van der Waals surface area contributed by atoms with Gasteiger partial charge in [0.2, 0.25) is 5.91 Å². The molecule has 0 radical (unpaired) electrons. The van der Waals surface area contributed by atoms with Gasteiger partial charge in [0.1, 0.15) is 5.82 Å². The fourth-order valence-corrected chi connectivity index (χ4v) is 4.75. The Kier molecular flexibility index (Phi) is 5.90. The molecule has 2 aromatic carbocycles. The normalized spacial score (nSPS) is 16.8. The van der Waals surface area contributed by atoms with E-state index in [1.54, 1.807) is 9.80 Å². The number of benzene rings is 2. The quantitative estimate of drug-likeness (QED) is 0.735. The Morgan fingerprint density at radius 2 is 1.58 bits per heavy atom. The van der Waals surface area contributed by atoms with Crippen molar-refractivity contribution in [2.24, 2.45) is 5.92 Å². The van der Waals surface area contributed by atoms with Gasteiger partial charge >= 0.3 is 0 Å². The standard InChI is InChI=1S/C21H21ClFN3O4S/c22-18-8-3-15(13-19(18)24-31(29,30)17-6-4-16(23)5-7-17)21(28)26-11-9-25(10-12-26)20(27)14-1-2-14/h3-8,13-14,24H,1-2,9-12H2. The van der Waals surface area contributed by atoms with E-state index in [2.05, 4.69) is 4.72 Å². The van der Waals surface area contributed by atoms with Gasteiger partial charge < -0.3 is 9.80 Å². The highest BCUT2D eigenvalue weighted by Crippen LogP contribution is 2.31. The van der Waals surface area contributed by atoms with Crippen molar-refractivity contribution in [3.05, 3.63) is 58.9 Å². The first-order chi connectivity index (χ1) is 14.7. The zero-order valence-electron chi connectivity index (χ0n) is 16.6. The zero-order chi connectivity index (χ0) is 22.2. The largest absolute Gasteiger partial charge is 0.339 e. The molecule has 0 atom stereocenters. The lowest BCUT2D eigenvalue weighted by Gasteiger charge is -2.35. The zero-order valence-corrected chi connectivity index (χ0v) is 18.1. The van der Waals surface area contributed by atoms with Crippen molar-refractivity contribution in [3.63, 3.8) is 0 Å². The molecule has 2 aliphatic rings. The van der Waals surface area contributed by atoms with Crippen LogP contribution in [-0.2, 0) is 14.8 Å². The summed E-state index contributed by atoms with van der Waals surface area (Å²) in [6, 6.07) is 8.74. The maximum Gasteiger partial charge on any atom is 0.261 e. The second-order valence-corrected chi connectivity index (χ2v) is 9.74. The highest BCUT2D eigenvalue weighted by atomic mass is 35.5. The Labute approximate surface area is 184 Å². The molecule has 31 heavy (non-hydrogen) atoms. The molecule has 2 aromatic rings. The SMILES string of the molecule is O=C(c1ccc(Cl)c(NS(=O)(=O)c2ccc(F)cc2)c1)N1CCN(C(=O)C2CC2)CC1. The van der Waals surface area contributed by atoms with Gasteiger partial charge in [-0.05, 0) is 55.3 Å². The molecule has 1 aliphatic heterocycles. The van der Waals surface area contributed by atoms with E-state index < -0.39 is 15.8 Å². The van der Waals surface area contributed by atoms with Crippen LogP contribution in [0.3, 0.4) is 0 Å². The van der Waals surface area contributed by atoms with Crippen molar-refractivity contribution in [2.75, 3.05) is 30.9 Å². The lowest BCUT2D eigenvalue weighted by Crippen LogP contribution is -2.51. The van der Waals surface area contributed by atoms with Gasteiger partial charge in [0, 0.05) is 37.7 Å². The second-order valence-electron chi connectivity index (χ2n) is 7.65. The summed E-state index contributed by atoms with van der Waals surface area (Å²) in [4.78, 5) is 28.4. The van der Waals surface area contributed by atoms with Gasteiger partial charge in [0.05, 0.1) is 15.6 Å². The molecular formula is C21H21ClFN3O4S. The lowest BCUT2D eigenvalue weighted by molar-refractivity contribution is -0.134. The Hall–Kier alpha value is -2.65. The van der Waals surface area contributed by atoms with Crippen molar-refractivity contribution in [1.82, 2.24) is 9.80 Å². The third-order valence-corrected chi connectivity index (χ3v) is 7.10. The number of anilines is 1. The fourth-order valence-electron chi connectivity index (χ4n) is 3.45. The van der Waals surface area contributed by atoms with E-state index in [1.165, 1.54) is 18.2 Å². The van der Waals surface area contributed by atoms with Crippen LogP contribution in [0.15, 0.2) is 47.4 Å². The number of piperazine rings is 1. The maximum absolute atomic E-state index is 13.1. The molecule has 2 fully saturated rings. The Morgan fingerprint density at radius 3 is 2.19 bits per heavy atom. The summed E-state index contributed by atoms with van der Waals surface area (Å²) in [5, 5.41) is 0.127. The summed E-state index contributed by atoms with van der Waals surface area (Å²) >= 11 is 6.14. The number of rotatable bonds is 5. The minimum Gasteiger partial charge on any atom is -0.339 e. The van der Waals surface area contributed by atoms with Gasteiger partial charge in [-0.1, -0.05) is 11.6 Å². The fraction of sp³-hybridized carbons (Fsp3) is 0.333. The van der Waals surface area contributed by atoms with Crippen LogP contribution in [0.25, 0.3) is 0 Å². The summed E-state index contributed by atoms with van der Waals surface area (Å²) in [5.74, 6) is -0.507. The molecule has 1 heterocycles. The average Bonchev–Trinajstić information content (AvgIpc) is 3.60. The number of nitrogens with zero attached hydrogens (tertiary/aromatic N) is 2. The number of hydrogen-bond donors (Lipinski definition) is 1. The van der Waals surface area contributed by atoms with Crippen LogP contribution in [-0.4, -0.2) is 56.2 Å². The van der Waals surface area contributed by atoms with E-state index in [0.717, 1.165) is 37.1 Å². The van der Waals surface area contributed by atoms with Crippen LogP contribution in [0.5, 0.6) is 0 Å². The summed E-state index contributed by atoms with van der Waals surface area (Å²) in [6.45, 7) is 1.80. The Balaban J connectivity index is 1.46. The minimum atomic E-state index is -4.01. The van der Waals surface area contributed by atoms with Gasteiger partial charge in [0.25, 0.3) is 15.9 Å². The first-order valence-corrected chi connectivity index (χ1v) is 11.8. The number of nitrogens with one attached hydrogen (secondary N) is 1. The van der Waals surface area contributed by atoms with E-state index in [0.29, 0.717) is 26.2 Å². The van der Waals surface area contributed by atoms with Crippen LogP contribution < -0.4 is 4.72 Å². The van der Waals surface area contributed by atoms with E-state index in [-0.39, 0.29) is 38.9 Å². The molecule has 0 bridgehead atoms. The molecule has 1 saturated carbocycles. The third kappa shape index (κ3) is 4.83. The predicted octanol–water partition coefficient (Wildman–Crippen LogP) is 2.97. The number of halogens is 2. The van der Waals surface area contributed by atoms with Crippen molar-refractivity contribution >= 4 is 39.1 Å². The number of carbonyl (C=O) groups is 2. The van der Waals surface area contributed by atoms with Gasteiger partial charge in [-0.15, -0.1) is 0 Å². The molecule has 1 aliphatic carbocycles. The first kappa shape index (κ1) is 21.6. The Bertz CT molecular complexity index is 1110. The van der Waals surface area contributed by atoms with Crippen LogP contribution in [0.1, 0.15) is 23.2 Å². The molecule has 2 amide bonds. The van der Waals surface area contributed by atoms with Crippen molar-refractivity contribution in [3.8, 4) is 0 Å². The van der Waals surface area contributed by atoms with Crippen LogP contribution >= 0.6 is 11.6 Å². The third-order valence-electron chi connectivity index (χ3n) is 5.39. The smallest absolute Gasteiger partial charge is 0.261 e. The highest BCUT2D eigenvalue weighted by molar-refractivity contribution is 7.92. The predicted molar refractivity (Wildman–Crippen MR) is 114 cm³/mol. The van der Waals surface area contributed by atoms with Crippen LogP contribution in [0.2, 0.25) is 5.02 Å². The maximum atomic E-state index is 13.1. The molecule has 1 saturated heterocycles. The van der Waals surface area contributed by atoms with Crippen molar-refractivity contribution < 1.29 is 22.4 Å². The summed E-state index contributed by atoms with van der Waals surface area (Å²) in [6.07, 6.45) is 1.89. The number of carbonyl (C=O) groups excluding carboxylic acids is 2. The monoisotopic (exact) mass is 465 g/mol. The van der Waals surface area contributed by atoms with Gasteiger partial charge in [-0.25, -0.2) is 12.8 Å². The summed E-state index contributed by atoms with van der Waals surface area (Å²) in [5.41, 5.74) is 0.336. The minimum absolute atomic E-state index is 0.0550. The molecule has 7 nitrogen and oxygen atoms in total. The number of hydrogen-bond acceptors (Lipinski definition) is 4. The second kappa shape index (κ2) is 8.47. The highest BCUT2D eigenvalue weighted by Gasteiger charge is 2.35. The molecule has 0 spiro atoms. The topological polar surface area (TPSA) is 86.8 Å². The summed E-state index contributed by atoms with van der Waals surface area (Å²) < 4.78 is 40.6. The van der Waals surface area contributed by atoms with E-state index in [4.69, 9.17) is 11.6 Å². The van der Waals surface area contributed by atoms with Gasteiger partial charge in [-0.3, -0.25) is 14.3 Å². The van der Waals surface area contributed by atoms with Crippen molar-refractivity contribution in [2.45, 2.75) is 17.7 Å². The molecular weight excluding hydrogens is 445 g/mol. The van der Waals surface area contributed by atoms with Gasteiger partial charge in [-0.2, -0.15) is 0 Å². The van der Waals surface area contributed by atoms with E-state index in [1.807, 2.05) is 0 Å². The number of sulfonamides is 1. The van der Waals surface area contributed by atoms with Crippen molar-refractivity contribution in [1.29, 1.82) is 0 Å². The molecule has 1 N–H and O–H groups in total. The first-order valence-electron chi connectivity index (χ1n) is 9.90. The average molecular weight is 466 g/mol. The lowest BCUT2D eigenvalue weighted by atomic mass is 10.1. The van der Waals surface area contributed by atoms with Crippen LogP contribution in [0.4, 0.5) is 10.1 Å². The van der Waals surface area contributed by atoms with Gasteiger partial charge in [0.15, 0.2) is 0 Å². The molecule has 0 unspecified atom stereocenters. The molecule has 0 aromatic heterocycles. The molecule has 10 heteroatoms. The van der Waals surface area contributed by atoms with Crippen LogP contribution in [0, 0.1) is 11.7 Å². The summed E-state index contributed by atoms with van der Waals surface area (Å²) in [7, 11) is -4.01. The van der Waals surface area contributed by atoms with E-state index >= 15 is 0 Å².